The molecule has 2 aliphatic heterocycles. The number of aromatic nitrogens is 2. The smallest absolute Gasteiger partial charge is 0.416 e. The fourth-order valence-electron chi connectivity index (χ4n) is 4.44. The van der Waals surface area contributed by atoms with Crippen molar-refractivity contribution in [2.75, 3.05) is 29.9 Å². The SMILES string of the molecule is C[C@H]1C[C@@H](Oc2ccc(C(F)(F)F)cc2)CCN1c1nc(=O)[nH]c(NC[C@@H]2CCCO2)c1[N+](=O)[O-]. The van der Waals surface area contributed by atoms with E-state index in [0.29, 0.717) is 38.3 Å². The van der Waals surface area contributed by atoms with Crippen LogP contribution >= 0.6 is 0 Å². The summed E-state index contributed by atoms with van der Waals surface area (Å²) >= 11 is 0. The predicted molar refractivity (Wildman–Crippen MR) is 121 cm³/mol. The predicted octanol–water partition coefficient (Wildman–Crippen LogP) is 3.72. The Balaban J connectivity index is 1.47. The second-order valence-electron chi connectivity index (χ2n) is 8.69. The molecule has 1 aromatic heterocycles. The van der Waals surface area contributed by atoms with Crippen molar-refractivity contribution in [2.45, 2.75) is 57.0 Å². The molecule has 1 aromatic carbocycles. The van der Waals surface area contributed by atoms with Gasteiger partial charge in [0.1, 0.15) is 11.9 Å². The number of nitro groups is 1. The van der Waals surface area contributed by atoms with E-state index in [1.807, 2.05) is 6.92 Å². The van der Waals surface area contributed by atoms with Crippen molar-refractivity contribution < 1.29 is 27.6 Å². The number of anilines is 2. The summed E-state index contributed by atoms with van der Waals surface area (Å²) in [4.78, 5) is 31.6. The summed E-state index contributed by atoms with van der Waals surface area (Å²) in [5.41, 5.74) is -1.79. The first-order valence-electron chi connectivity index (χ1n) is 11.4. The summed E-state index contributed by atoms with van der Waals surface area (Å²) in [6, 6.07) is 4.19. The number of piperidine rings is 1. The van der Waals surface area contributed by atoms with Gasteiger partial charge in [-0.25, -0.2) is 4.79 Å². The van der Waals surface area contributed by atoms with E-state index in [2.05, 4.69) is 15.3 Å². The van der Waals surface area contributed by atoms with Crippen LogP contribution in [0.4, 0.5) is 30.5 Å². The highest BCUT2D eigenvalue weighted by Gasteiger charge is 2.35. The Bertz CT molecular complexity index is 1100. The van der Waals surface area contributed by atoms with Crippen molar-refractivity contribution in [3.63, 3.8) is 0 Å². The summed E-state index contributed by atoms with van der Waals surface area (Å²) in [5, 5.41) is 14.9. The molecule has 2 saturated heterocycles. The van der Waals surface area contributed by atoms with Crippen LogP contribution in [0.2, 0.25) is 0 Å². The number of hydrogen-bond acceptors (Lipinski definition) is 8. The molecule has 0 saturated carbocycles. The van der Waals surface area contributed by atoms with Gasteiger partial charge in [-0.3, -0.25) is 15.1 Å². The van der Waals surface area contributed by atoms with Crippen LogP contribution < -0.4 is 20.6 Å². The van der Waals surface area contributed by atoms with E-state index < -0.39 is 22.4 Å². The summed E-state index contributed by atoms with van der Waals surface area (Å²) in [5.74, 6) is 0.259. The molecular weight excluding hydrogens is 471 g/mol. The third kappa shape index (κ3) is 5.84. The van der Waals surface area contributed by atoms with Crippen molar-refractivity contribution in [1.82, 2.24) is 9.97 Å². The number of ether oxygens (including phenoxy) is 2. The second-order valence-corrected chi connectivity index (χ2v) is 8.69. The largest absolute Gasteiger partial charge is 0.490 e. The van der Waals surface area contributed by atoms with Gasteiger partial charge in [-0.05, 0) is 44.0 Å². The molecule has 0 spiro atoms. The Morgan fingerprint density at radius 3 is 2.66 bits per heavy atom. The van der Waals surface area contributed by atoms with Gasteiger partial charge in [0, 0.05) is 38.6 Å². The molecule has 190 valence electrons. The van der Waals surface area contributed by atoms with Crippen LogP contribution in [0.1, 0.15) is 38.2 Å². The van der Waals surface area contributed by atoms with Crippen LogP contribution in [0, 0.1) is 10.1 Å². The van der Waals surface area contributed by atoms with Crippen molar-refractivity contribution in [3.8, 4) is 5.75 Å². The molecule has 3 heterocycles. The molecule has 2 aromatic rings. The zero-order chi connectivity index (χ0) is 25.2. The van der Waals surface area contributed by atoms with E-state index in [-0.39, 0.29) is 35.6 Å². The molecule has 0 amide bonds. The van der Waals surface area contributed by atoms with Crippen LogP contribution in [0.15, 0.2) is 29.1 Å². The van der Waals surface area contributed by atoms with Crippen molar-refractivity contribution in [1.29, 1.82) is 0 Å². The lowest BCUT2D eigenvalue weighted by molar-refractivity contribution is -0.383. The van der Waals surface area contributed by atoms with E-state index in [4.69, 9.17) is 9.47 Å². The monoisotopic (exact) mass is 497 g/mol. The third-order valence-corrected chi connectivity index (χ3v) is 6.19. The molecule has 0 aliphatic carbocycles. The standard InChI is InChI=1S/C22H26F3N5O5/c1-13-11-16(35-15-6-4-14(5-7-15)22(23,24)25)8-9-29(13)20-18(30(32)33)19(27-21(31)28-20)26-12-17-3-2-10-34-17/h4-7,13,16-17H,2-3,8-12H2,1H3,(H2,26,27,28,31)/t13-,16-,17-/m0/s1. The number of halogens is 3. The normalized spacial score (nSPS) is 22.7. The first kappa shape index (κ1) is 24.8. The molecule has 13 heteroatoms. The van der Waals surface area contributed by atoms with Gasteiger partial charge in [-0.2, -0.15) is 18.2 Å². The summed E-state index contributed by atoms with van der Waals surface area (Å²) in [7, 11) is 0. The average Bonchev–Trinajstić information content (AvgIpc) is 3.30. The van der Waals surface area contributed by atoms with Crippen molar-refractivity contribution in [2.24, 2.45) is 0 Å². The quantitative estimate of drug-likeness (QED) is 0.438. The highest BCUT2D eigenvalue weighted by atomic mass is 19.4. The van der Waals surface area contributed by atoms with Crippen LogP contribution in [0.25, 0.3) is 0 Å². The maximum atomic E-state index is 12.8. The molecule has 10 nitrogen and oxygen atoms in total. The first-order valence-corrected chi connectivity index (χ1v) is 11.4. The van der Waals surface area contributed by atoms with Gasteiger partial charge in [0.05, 0.1) is 16.6 Å². The molecule has 35 heavy (non-hydrogen) atoms. The molecule has 0 radical (unpaired) electrons. The Kier molecular flexibility index (Phi) is 7.15. The van der Waals surface area contributed by atoms with E-state index >= 15 is 0 Å². The molecule has 2 fully saturated rings. The fraction of sp³-hybridized carbons (Fsp3) is 0.545. The maximum absolute atomic E-state index is 12.8. The lowest BCUT2D eigenvalue weighted by Gasteiger charge is -2.38. The van der Waals surface area contributed by atoms with Crippen molar-refractivity contribution in [3.05, 3.63) is 50.4 Å². The second kappa shape index (κ2) is 10.1. The number of alkyl halides is 3. The van der Waals surface area contributed by atoms with Crippen LogP contribution in [0.3, 0.4) is 0 Å². The first-order chi connectivity index (χ1) is 16.6. The number of benzene rings is 1. The molecule has 0 bridgehead atoms. The Labute approximate surface area is 198 Å². The number of nitrogens with one attached hydrogen (secondary N) is 2. The lowest BCUT2D eigenvalue weighted by atomic mass is 10.00. The number of H-pyrrole nitrogens is 1. The van der Waals surface area contributed by atoms with Gasteiger partial charge in [-0.15, -0.1) is 0 Å². The maximum Gasteiger partial charge on any atom is 0.416 e. The van der Waals surface area contributed by atoms with Gasteiger partial charge >= 0.3 is 17.6 Å². The molecule has 2 aliphatic rings. The summed E-state index contributed by atoms with van der Waals surface area (Å²) < 4.78 is 49.7. The average molecular weight is 497 g/mol. The molecule has 2 N–H and O–H groups in total. The molecule has 0 unspecified atom stereocenters. The number of nitrogens with zero attached hydrogens (tertiary/aromatic N) is 3. The fourth-order valence-corrected chi connectivity index (χ4v) is 4.44. The summed E-state index contributed by atoms with van der Waals surface area (Å²) in [6.07, 6.45) is -2.21. The van der Waals surface area contributed by atoms with Gasteiger partial charge in [-0.1, -0.05) is 0 Å². The van der Waals surface area contributed by atoms with E-state index in [9.17, 15) is 28.1 Å². The van der Waals surface area contributed by atoms with E-state index in [0.717, 1.165) is 25.0 Å². The third-order valence-electron chi connectivity index (χ3n) is 6.19. The lowest BCUT2D eigenvalue weighted by Crippen LogP contribution is -2.45. The van der Waals surface area contributed by atoms with Crippen LogP contribution in [-0.4, -0.2) is 52.8 Å². The van der Waals surface area contributed by atoms with Crippen LogP contribution in [-0.2, 0) is 10.9 Å². The number of rotatable bonds is 7. The topological polar surface area (TPSA) is 123 Å². The molecular formula is C22H26F3N5O5. The summed E-state index contributed by atoms with van der Waals surface area (Å²) in [6.45, 7) is 3.09. The number of hydrogen-bond donors (Lipinski definition) is 2. The minimum atomic E-state index is -4.43. The minimum Gasteiger partial charge on any atom is -0.490 e. The van der Waals surface area contributed by atoms with E-state index in [1.165, 1.54) is 12.1 Å². The highest BCUT2D eigenvalue weighted by molar-refractivity contribution is 5.70. The Morgan fingerprint density at radius 2 is 2.06 bits per heavy atom. The van der Waals surface area contributed by atoms with Gasteiger partial charge in [0.25, 0.3) is 0 Å². The van der Waals surface area contributed by atoms with Crippen LogP contribution in [0.5, 0.6) is 5.75 Å². The zero-order valence-electron chi connectivity index (χ0n) is 19.0. The van der Waals surface area contributed by atoms with E-state index in [1.54, 1.807) is 4.90 Å². The van der Waals surface area contributed by atoms with Crippen molar-refractivity contribution >= 4 is 17.3 Å². The highest BCUT2D eigenvalue weighted by Crippen LogP contribution is 2.36. The van der Waals surface area contributed by atoms with Gasteiger partial charge < -0.3 is 19.7 Å². The zero-order valence-corrected chi connectivity index (χ0v) is 19.0. The Morgan fingerprint density at radius 1 is 1.31 bits per heavy atom. The number of aromatic amines is 1. The minimum absolute atomic E-state index is 0.0178. The molecule has 3 atom stereocenters. The van der Waals surface area contributed by atoms with Gasteiger partial charge in [0.2, 0.25) is 5.82 Å². The Hall–Kier alpha value is -3.35. The van der Waals surface area contributed by atoms with Gasteiger partial charge in [0.15, 0.2) is 5.82 Å². The molecule has 4 rings (SSSR count).